The molecule has 1 atom stereocenters. The number of morpholine rings is 1. The van der Waals surface area contributed by atoms with Crippen LogP contribution in [0.1, 0.15) is 32.0 Å². The molecule has 25 heavy (non-hydrogen) atoms. The van der Waals surface area contributed by atoms with E-state index in [0.29, 0.717) is 24.8 Å². The van der Waals surface area contributed by atoms with Crippen molar-refractivity contribution in [3.63, 3.8) is 0 Å². The van der Waals surface area contributed by atoms with Crippen molar-refractivity contribution in [2.45, 2.75) is 39.3 Å². The van der Waals surface area contributed by atoms with Crippen molar-refractivity contribution in [2.24, 2.45) is 0 Å². The molecule has 0 amide bonds. The van der Waals surface area contributed by atoms with Crippen molar-refractivity contribution in [3.05, 3.63) is 40.9 Å². The van der Waals surface area contributed by atoms with Gasteiger partial charge >= 0.3 is 0 Å². The monoisotopic (exact) mass is 340 g/mol. The fourth-order valence-corrected chi connectivity index (χ4v) is 2.83. The Kier molecular flexibility index (Phi) is 4.64. The minimum Gasteiger partial charge on any atom is -0.377 e. The quantitative estimate of drug-likeness (QED) is 0.836. The number of nitrogens with one attached hydrogen (secondary N) is 2. The van der Waals surface area contributed by atoms with Gasteiger partial charge in [-0.3, -0.25) is 5.10 Å². The van der Waals surface area contributed by atoms with Crippen LogP contribution in [-0.2, 0) is 10.3 Å². The van der Waals surface area contributed by atoms with Crippen molar-refractivity contribution >= 4 is 17.5 Å². The van der Waals surface area contributed by atoms with Crippen LogP contribution in [0.4, 0.5) is 17.5 Å². The molecule has 0 unspecified atom stereocenters. The fraction of sp³-hybridized carbons (Fsp3) is 0.500. The molecular weight excluding hydrogens is 316 g/mol. The van der Waals surface area contributed by atoms with Crippen molar-refractivity contribution in [3.8, 4) is 0 Å². The summed E-state index contributed by atoms with van der Waals surface area (Å²) in [6, 6.07) is 6.11. The highest BCUT2D eigenvalue weighted by Gasteiger charge is 2.29. The highest BCUT2D eigenvalue weighted by Crippen LogP contribution is 2.31. The summed E-state index contributed by atoms with van der Waals surface area (Å²) in [6.45, 7) is 17.6. The van der Waals surface area contributed by atoms with E-state index in [1.165, 1.54) is 0 Å². The Morgan fingerprint density at radius 2 is 2.16 bits per heavy atom. The number of rotatable bonds is 4. The number of nitrogens with zero attached hydrogens (tertiary/aromatic N) is 4. The first kappa shape index (κ1) is 17.2. The van der Waals surface area contributed by atoms with E-state index in [2.05, 4.69) is 32.2 Å². The van der Waals surface area contributed by atoms with Gasteiger partial charge in [-0.05, 0) is 26.0 Å². The number of aryl methyl sites for hydroxylation is 1. The lowest BCUT2D eigenvalue weighted by atomic mass is 9.96. The van der Waals surface area contributed by atoms with Crippen LogP contribution >= 0.6 is 0 Å². The Morgan fingerprint density at radius 3 is 2.80 bits per heavy atom. The first-order chi connectivity index (χ1) is 11.9. The lowest BCUT2D eigenvalue weighted by Gasteiger charge is -2.34. The summed E-state index contributed by atoms with van der Waals surface area (Å²) in [4.78, 5) is 10.8. The normalized spacial score (nSPS) is 18.0. The minimum absolute atomic E-state index is 0.244. The molecule has 7 nitrogen and oxygen atoms in total. The van der Waals surface area contributed by atoms with Crippen LogP contribution in [0.2, 0.25) is 0 Å². The van der Waals surface area contributed by atoms with Crippen molar-refractivity contribution in [2.75, 3.05) is 30.0 Å². The van der Waals surface area contributed by atoms with Crippen LogP contribution in [0.3, 0.4) is 0 Å². The van der Waals surface area contributed by atoms with Gasteiger partial charge in [-0.15, -0.1) is 0 Å². The molecule has 0 aromatic carbocycles. The Labute approximate surface area is 148 Å². The molecule has 3 rings (SSSR count). The van der Waals surface area contributed by atoms with Gasteiger partial charge in [0.15, 0.2) is 5.82 Å². The highest BCUT2D eigenvalue weighted by atomic mass is 16.5. The molecule has 0 spiro atoms. The summed E-state index contributed by atoms with van der Waals surface area (Å²) in [7, 11) is 0. The molecule has 0 bridgehead atoms. The number of pyridine rings is 1. The van der Waals surface area contributed by atoms with Gasteiger partial charge in [0.1, 0.15) is 11.6 Å². The number of aromatic nitrogens is 3. The summed E-state index contributed by atoms with van der Waals surface area (Å²) < 4.78 is 5.53. The van der Waals surface area contributed by atoms with E-state index in [4.69, 9.17) is 16.3 Å². The number of ether oxygens (including phenoxy) is 1. The van der Waals surface area contributed by atoms with E-state index in [1.807, 2.05) is 39.0 Å². The lowest BCUT2D eigenvalue weighted by molar-refractivity contribution is 0.0985. The van der Waals surface area contributed by atoms with Gasteiger partial charge in [0.05, 0.1) is 19.3 Å². The smallest absolute Gasteiger partial charge is 0.252 e. The standard InChI is InChI=1S/C18H24N6O/c1-12-8-16(23-22-12)20-15-9-14(18(3,4)19-5)10-17(21-15)24-6-7-25-11-13(24)2/h8-10,13H,6-7,11H2,1-4H3,(H2,20,21,22,23)/t13-/m1/s1. The van der Waals surface area contributed by atoms with Gasteiger partial charge < -0.3 is 19.8 Å². The number of aromatic amines is 1. The second-order valence-corrected chi connectivity index (χ2v) is 6.95. The predicted octanol–water partition coefficient (Wildman–Crippen LogP) is 3.24. The van der Waals surface area contributed by atoms with Crippen LogP contribution in [0.5, 0.6) is 0 Å². The third-order valence-electron chi connectivity index (χ3n) is 4.42. The van der Waals surface area contributed by atoms with Crippen molar-refractivity contribution < 1.29 is 4.74 Å². The van der Waals surface area contributed by atoms with Crippen molar-refractivity contribution in [1.29, 1.82) is 0 Å². The lowest BCUT2D eigenvalue weighted by Crippen LogP contribution is -2.44. The Bertz CT molecular complexity index is 791. The van der Waals surface area contributed by atoms with Gasteiger partial charge in [-0.1, -0.05) is 0 Å². The molecule has 0 radical (unpaired) electrons. The molecule has 2 aromatic rings. The SMILES string of the molecule is [C-]#[N+]C(C)(C)c1cc(Nc2cc(C)[nH]n2)nc(N2CCOC[C@H]2C)c1. The van der Waals surface area contributed by atoms with E-state index < -0.39 is 5.54 Å². The largest absolute Gasteiger partial charge is 0.377 e. The van der Waals surface area contributed by atoms with Crippen molar-refractivity contribution in [1.82, 2.24) is 15.2 Å². The van der Waals surface area contributed by atoms with Gasteiger partial charge in [-0.2, -0.15) is 5.10 Å². The van der Waals surface area contributed by atoms with Crippen LogP contribution in [-0.4, -0.2) is 41.0 Å². The van der Waals surface area contributed by atoms with Gasteiger partial charge in [0, 0.05) is 37.7 Å². The Balaban J connectivity index is 2.00. The van der Waals surface area contributed by atoms with E-state index in [-0.39, 0.29) is 6.04 Å². The maximum absolute atomic E-state index is 7.53. The maximum atomic E-state index is 7.53. The number of anilines is 3. The maximum Gasteiger partial charge on any atom is 0.252 e. The summed E-state index contributed by atoms with van der Waals surface area (Å²) in [6.07, 6.45) is 0. The predicted molar refractivity (Wildman–Crippen MR) is 98.1 cm³/mol. The van der Waals surface area contributed by atoms with E-state index in [1.54, 1.807) is 0 Å². The molecule has 1 aliphatic rings. The first-order valence-corrected chi connectivity index (χ1v) is 8.43. The average Bonchev–Trinajstić information content (AvgIpc) is 3.00. The molecular formula is C18H24N6O. The van der Waals surface area contributed by atoms with Crippen LogP contribution in [0.25, 0.3) is 4.85 Å². The number of hydrogen-bond acceptors (Lipinski definition) is 5. The van der Waals surface area contributed by atoms with E-state index in [0.717, 1.165) is 23.6 Å². The first-order valence-electron chi connectivity index (χ1n) is 8.43. The van der Waals surface area contributed by atoms with Gasteiger partial charge in [0.2, 0.25) is 0 Å². The summed E-state index contributed by atoms with van der Waals surface area (Å²) >= 11 is 0. The molecule has 1 saturated heterocycles. The minimum atomic E-state index is -0.620. The number of hydrogen-bond donors (Lipinski definition) is 2. The summed E-state index contributed by atoms with van der Waals surface area (Å²) in [5.41, 5.74) is 1.29. The topological polar surface area (TPSA) is 70.4 Å². The second kappa shape index (κ2) is 6.73. The van der Waals surface area contributed by atoms with Crippen LogP contribution in [0.15, 0.2) is 18.2 Å². The fourth-order valence-electron chi connectivity index (χ4n) is 2.83. The summed E-state index contributed by atoms with van der Waals surface area (Å²) in [5, 5.41) is 10.4. The molecule has 2 aromatic heterocycles. The number of H-pyrrole nitrogens is 1. The van der Waals surface area contributed by atoms with E-state index >= 15 is 0 Å². The van der Waals surface area contributed by atoms with Crippen LogP contribution in [0, 0.1) is 13.5 Å². The third kappa shape index (κ3) is 3.74. The molecule has 132 valence electrons. The van der Waals surface area contributed by atoms with Crippen LogP contribution < -0.4 is 10.2 Å². The Hall–Kier alpha value is -2.59. The van der Waals surface area contributed by atoms with Gasteiger partial charge in [0.25, 0.3) is 5.54 Å². The zero-order chi connectivity index (χ0) is 18.0. The molecule has 0 saturated carbocycles. The van der Waals surface area contributed by atoms with Gasteiger partial charge in [-0.25, -0.2) is 11.6 Å². The molecule has 1 aliphatic heterocycles. The molecule has 1 fully saturated rings. The highest BCUT2D eigenvalue weighted by molar-refractivity contribution is 5.59. The second-order valence-electron chi connectivity index (χ2n) is 6.95. The molecule has 3 heterocycles. The third-order valence-corrected chi connectivity index (χ3v) is 4.42. The molecule has 0 aliphatic carbocycles. The molecule has 2 N–H and O–H groups in total. The molecule has 7 heteroatoms. The Morgan fingerprint density at radius 1 is 1.36 bits per heavy atom. The zero-order valence-corrected chi connectivity index (χ0v) is 15.1. The zero-order valence-electron chi connectivity index (χ0n) is 15.1. The average molecular weight is 340 g/mol. The van der Waals surface area contributed by atoms with E-state index in [9.17, 15) is 0 Å². The summed E-state index contributed by atoms with van der Waals surface area (Å²) in [5.74, 6) is 2.26.